The molecule has 0 aliphatic carbocycles. The van der Waals surface area contributed by atoms with Gasteiger partial charge in [0.2, 0.25) is 0 Å². The molecule has 0 radical (unpaired) electrons. The number of hydrogen-bond donors (Lipinski definition) is 1. The molecule has 1 N–H and O–H groups in total. The van der Waals surface area contributed by atoms with Gasteiger partial charge in [-0.15, -0.1) is 0 Å². The Bertz CT molecular complexity index is 180. The second-order valence-electron chi connectivity index (χ2n) is 3.32. The highest BCUT2D eigenvalue weighted by molar-refractivity contribution is 7.98. The molecule has 0 aliphatic rings. The van der Waals surface area contributed by atoms with Crippen LogP contribution in [0.2, 0.25) is 0 Å². The lowest BCUT2D eigenvalue weighted by molar-refractivity contribution is 0.384. The molecule has 0 saturated heterocycles. The zero-order valence-corrected chi connectivity index (χ0v) is 10.3. The second-order valence-corrected chi connectivity index (χ2v) is 6.75. The lowest BCUT2D eigenvalue weighted by atomic mass is 10.2. The molecule has 1 nitrogen and oxygen atoms in total. The van der Waals surface area contributed by atoms with E-state index in [9.17, 15) is 0 Å². The fourth-order valence-electron chi connectivity index (χ4n) is 1.01. The van der Waals surface area contributed by atoms with Crippen LogP contribution in [0.5, 0.6) is 0 Å². The maximum absolute atomic E-state index is 8.84. The minimum absolute atomic E-state index is 0.0250. The van der Waals surface area contributed by atoms with Gasteiger partial charge in [0.05, 0.1) is 5.76 Å². The maximum atomic E-state index is 8.84. The van der Waals surface area contributed by atoms with Crippen LogP contribution in [0.15, 0.2) is 12.3 Å². The highest BCUT2D eigenvalue weighted by atomic mass is 32.1. The zero-order chi connectivity index (χ0) is 10.3. The Hall–Kier alpha value is 0.0600. The Labute approximate surface area is 88.0 Å². The van der Waals surface area contributed by atoms with Gasteiger partial charge in [0.25, 0.3) is 0 Å². The van der Waals surface area contributed by atoms with Crippen LogP contribution in [0.3, 0.4) is 0 Å². The molecule has 0 fully saturated rings. The molecule has 0 saturated carbocycles. The van der Waals surface area contributed by atoms with Crippen molar-refractivity contribution in [3.05, 3.63) is 12.3 Å². The summed E-state index contributed by atoms with van der Waals surface area (Å²) in [5.41, 5.74) is 0. The molecular weight excluding hydrogens is 199 g/mol. The molecule has 3 heteroatoms. The summed E-state index contributed by atoms with van der Waals surface area (Å²) in [4.78, 5) is 0. The largest absolute Gasteiger partial charge is 0.513 e. The number of thiocarbonyl (C=S) groups is 1. The van der Waals surface area contributed by atoms with E-state index in [4.69, 9.17) is 17.3 Å². The van der Waals surface area contributed by atoms with E-state index in [-0.39, 0.29) is 7.92 Å². The standard InChI is InChI=1S/C10H19OPS/c1-9(11)7-5-4-6-8-12(3)10(2)13/h11H,1,4-8H2,2-3H3. The summed E-state index contributed by atoms with van der Waals surface area (Å²) in [5.74, 6) is 0.310. The number of allylic oxidation sites excluding steroid dienone is 1. The normalized spacial score (nSPS) is 12.5. The second kappa shape index (κ2) is 7.46. The topological polar surface area (TPSA) is 20.2 Å². The molecule has 0 heterocycles. The highest BCUT2D eigenvalue weighted by Crippen LogP contribution is 2.33. The summed E-state index contributed by atoms with van der Waals surface area (Å²) < 4.78 is 1.17. The first kappa shape index (κ1) is 13.1. The smallest absolute Gasteiger partial charge is 0.0851 e. The van der Waals surface area contributed by atoms with E-state index in [1.54, 1.807) is 0 Å². The number of rotatable bonds is 7. The summed E-state index contributed by atoms with van der Waals surface area (Å²) in [7, 11) is -0.0250. The fraction of sp³-hybridized carbons (Fsp3) is 0.700. The van der Waals surface area contributed by atoms with E-state index in [1.807, 2.05) is 6.92 Å². The van der Waals surface area contributed by atoms with E-state index >= 15 is 0 Å². The van der Waals surface area contributed by atoms with Gasteiger partial charge in [0.15, 0.2) is 0 Å². The summed E-state index contributed by atoms with van der Waals surface area (Å²) in [6.07, 6.45) is 5.44. The first-order valence-corrected chi connectivity index (χ1v) is 7.00. The Morgan fingerprint density at radius 3 is 2.46 bits per heavy atom. The average Bonchev–Trinajstić information content (AvgIpc) is 2.02. The van der Waals surface area contributed by atoms with Gasteiger partial charge < -0.3 is 5.11 Å². The summed E-state index contributed by atoms with van der Waals surface area (Å²) in [6, 6.07) is 0. The molecule has 0 aromatic heterocycles. The van der Waals surface area contributed by atoms with Crippen LogP contribution in [0.25, 0.3) is 0 Å². The van der Waals surface area contributed by atoms with E-state index in [1.165, 1.54) is 23.6 Å². The van der Waals surface area contributed by atoms with E-state index in [0.717, 1.165) is 12.8 Å². The summed E-state index contributed by atoms with van der Waals surface area (Å²) in [5, 5.41) is 8.84. The van der Waals surface area contributed by atoms with Crippen LogP contribution < -0.4 is 0 Å². The molecule has 0 aliphatic heterocycles. The van der Waals surface area contributed by atoms with Crippen LogP contribution in [-0.4, -0.2) is 22.5 Å². The van der Waals surface area contributed by atoms with Crippen molar-refractivity contribution in [2.75, 3.05) is 12.8 Å². The highest BCUT2D eigenvalue weighted by Gasteiger charge is 2.02. The van der Waals surface area contributed by atoms with E-state index in [0.29, 0.717) is 5.76 Å². The SMILES string of the molecule is C=C(O)CCCCCP(C)C(C)=S. The molecule has 0 rings (SSSR count). The molecular formula is C10H19OPS. The van der Waals surface area contributed by atoms with Crippen LogP contribution in [-0.2, 0) is 0 Å². The van der Waals surface area contributed by atoms with Crippen molar-refractivity contribution in [2.45, 2.75) is 32.6 Å². The van der Waals surface area contributed by atoms with E-state index < -0.39 is 0 Å². The molecule has 0 bridgehead atoms. The molecule has 0 aromatic carbocycles. The predicted octanol–water partition coefficient (Wildman–Crippen LogP) is 4.08. The quantitative estimate of drug-likeness (QED) is 0.301. The Morgan fingerprint density at radius 2 is 2.00 bits per heavy atom. The van der Waals surface area contributed by atoms with Crippen molar-refractivity contribution in [2.24, 2.45) is 0 Å². The molecule has 1 atom stereocenters. The van der Waals surface area contributed by atoms with Gasteiger partial charge in [0, 0.05) is 11.0 Å². The molecule has 0 amide bonds. The predicted molar refractivity (Wildman–Crippen MR) is 66.2 cm³/mol. The van der Waals surface area contributed by atoms with Crippen molar-refractivity contribution in [3.8, 4) is 0 Å². The third-order valence-electron chi connectivity index (χ3n) is 2.00. The first-order valence-electron chi connectivity index (χ1n) is 4.62. The Kier molecular flexibility index (Phi) is 7.50. The molecule has 0 spiro atoms. The van der Waals surface area contributed by atoms with Gasteiger partial charge in [-0.3, -0.25) is 0 Å². The lowest BCUT2D eigenvalue weighted by Gasteiger charge is -2.09. The first-order chi connectivity index (χ1) is 6.04. The average molecular weight is 218 g/mol. The fourth-order valence-corrected chi connectivity index (χ4v) is 2.30. The molecule has 0 aromatic rings. The van der Waals surface area contributed by atoms with Crippen LogP contribution in [0, 0.1) is 0 Å². The van der Waals surface area contributed by atoms with Gasteiger partial charge >= 0.3 is 0 Å². The number of unbranched alkanes of at least 4 members (excludes halogenated alkanes) is 2. The molecule has 13 heavy (non-hydrogen) atoms. The zero-order valence-electron chi connectivity index (χ0n) is 8.55. The summed E-state index contributed by atoms with van der Waals surface area (Å²) in [6.45, 7) is 7.73. The van der Waals surface area contributed by atoms with Gasteiger partial charge in [-0.1, -0.05) is 33.1 Å². The number of aliphatic hydroxyl groups excluding tert-OH is 1. The number of hydrogen-bond acceptors (Lipinski definition) is 2. The van der Waals surface area contributed by atoms with Gasteiger partial charge in [-0.2, -0.15) is 0 Å². The Balaban J connectivity index is 3.26. The van der Waals surface area contributed by atoms with Crippen LogP contribution >= 0.6 is 20.1 Å². The monoisotopic (exact) mass is 218 g/mol. The van der Waals surface area contributed by atoms with Crippen molar-refractivity contribution in [1.82, 2.24) is 0 Å². The number of aliphatic hydroxyl groups is 1. The minimum Gasteiger partial charge on any atom is -0.513 e. The van der Waals surface area contributed by atoms with Crippen molar-refractivity contribution in [1.29, 1.82) is 0 Å². The van der Waals surface area contributed by atoms with Gasteiger partial charge in [0.1, 0.15) is 0 Å². The minimum atomic E-state index is -0.0250. The third kappa shape index (κ3) is 8.39. The van der Waals surface area contributed by atoms with Gasteiger partial charge in [-0.05, 0) is 32.6 Å². The Morgan fingerprint density at radius 1 is 1.38 bits per heavy atom. The van der Waals surface area contributed by atoms with Crippen molar-refractivity contribution >= 4 is 24.7 Å². The van der Waals surface area contributed by atoms with Crippen molar-refractivity contribution < 1.29 is 5.11 Å². The van der Waals surface area contributed by atoms with Crippen LogP contribution in [0.4, 0.5) is 0 Å². The third-order valence-corrected chi connectivity index (χ3v) is 4.99. The lowest BCUT2D eigenvalue weighted by Crippen LogP contribution is -1.90. The van der Waals surface area contributed by atoms with Crippen molar-refractivity contribution in [3.63, 3.8) is 0 Å². The summed E-state index contributed by atoms with van der Waals surface area (Å²) >= 11 is 5.11. The van der Waals surface area contributed by atoms with E-state index in [2.05, 4.69) is 13.2 Å². The molecule has 76 valence electrons. The van der Waals surface area contributed by atoms with Gasteiger partial charge in [-0.25, -0.2) is 0 Å². The molecule has 1 unspecified atom stereocenters. The van der Waals surface area contributed by atoms with Crippen LogP contribution in [0.1, 0.15) is 32.6 Å². The maximum Gasteiger partial charge on any atom is 0.0851 e.